The number of hydrogen-bond donors (Lipinski definition) is 2. The van der Waals surface area contributed by atoms with E-state index in [9.17, 15) is 13.2 Å². The van der Waals surface area contributed by atoms with E-state index in [-0.39, 0.29) is 6.54 Å². The number of hydrogen-bond acceptors (Lipinski definition) is 5. The van der Waals surface area contributed by atoms with E-state index >= 15 is 0 Å². The predicted octanol–water partition coefficient (Wildman–Crippen LogP) is 0.652. The van der Waals surface area contributed by atoms with Crippen molar-refractivity contribution in [2.75, 3.05) is 6.54 Å². The Bertz CT molecular complexity index is 713. The van der Waals surface area contributed by atoms with Gasteiger partial charge in [0.2, 0.25) is 0 Å². The third-order valence-electron chi connectivity index (χ3n) is 2.51. The Morgan fingerprint density at radius 3 is 2.89 bits per heavy atom. The molecule has 3 heterocycles. The van der Waals surface area contributed by atoms with Gasteiger partial charge in [0, 0.05) is 0 Å². The van der Waals surface area contributed by atoms with Crippen molar-refractivity contribution in [1.82, 2.24) is 34.9 Å². The number of aromatic nitrogens is 6. The van der Waals surface area contributed by atoms with Crippen LogP contribution >= 0.6 is 0 Å². The van der Waals surface area contributed by atoms with Crippen LogP contribution in [-0.4, -0.2) is 42.3 Å². The van der Waals surface area contributed by atoms with E-state index in [2.05, 4.69) is 30.5 Å². The van der Waals surface area contributed by atoms with Crippen molar-refractivity contribution in [1.29, 1.82) is 0 Å². The Balaban J connectivity index is 1.88. The molecule has 10 heteroatoms. The zero-order chi connectivity index (χ0) is 13.5. The quantitative estimate of drug-likeness (QED) is 0.730. The first-order valence-corrected chi connectivity index (χ1v) is 5.34. The van der Waals surface area contributed by atoms with Crippen LogP contribution in [0.3, 0.4) is 0 Å². The molecular weight excluding hydrogens is 263 g/mol. The standard InChI is InChI=1S/C9H8F3N7/c10-9(11,12)2-13-1-5-17-18-8-6-7(15-3-14-6)16-4-19(5)8/h3-4,13H,1-2H2,(H,14,15). The van der Waals surface area contributed by atoms with Crippen molar-refractivity contribution in [2.24, 2.45) is 0 Å². The maximum Gasteiger partial charge on any atom is 0.401 e. The van der Waals surface area contributed by atoms with Crippen LogP contribution in [0.15, 0.2) is 12.7 Å². The molecule has 0 radical (unpaired) electrons. The average Bonchev–Trinajstić information content (AvgIpc) is 2.92. The fourth-order valence-electron chi connectivity index (χ4n) is 1.71. The molecule has 19 heavy (non-hydrogen) atoms. The van der Waals surface area contributed by atoms with Gasteiger partial charge in [0.1, 0.15) is 11.8 Å². The molecule has 3 aromatic rings. The maximum absolute atomic E-state index is 12.0. The number of nitrogens with zero attached hydrogens (tertiary/aromatic N) is 5. The van der Waals surface area contributed by atoms with Crippen LogP contribution in [0.5, 0.6) is 0 Å². The smallest absolute Gasteiger partial charge is 0.340 e. The molecule has 3 aromatic heterocycles. The summed E-state index contributed by atoms with van der Waals surface area (Å²) in [6, 6.07) is 0. The largest absolute Gasteiger partial charge is 0.401 e. The second-order valence-corrected chi connectivity index (χ2v) is 3.87. The molecule has 0 aliphatic carbocycles. The summed E-state index contributed by atoms with van der Waals surface area (Å²) in [5.41, 5.74) is 1.55. The number of H-pyrrole nitrogens is 1. The van der Waals surface area contributed by atoms with Gasteiger partial charge in [-0.1, -0.05) is 0 Å². The van der Waals surface area contributed by atoms with Gasteiger partial charge < -0.3 is 10.3 Å². The highest BCUT2D eigenvalue weighted by Gasteiger charge is 2.26. The Kier molecular flexibility index (Phi) is 2.59. The number of aromatic amines is 1. The molecule has 0 saturated carbocycles. The lowest BCUT2D eigenvalue weighted by Gasteiger charge is -2.06. The molecule has 0 atom stereocenters. The molecule has 0 aromatic carbocycles. The minimum absolute atomic E-state index is 0.0536. The summed E-state index contributed by atoms with van der Waals surface area (Å²) in [5, 5.41) is 10.0. The Labute approximate surface area is 103 Å². The summed E-state index contributed by atoms with van der Waals surface area (Å²) in [7, 11) is 0. The number of imidazole rings is 1. The zero-order valence-corrected chi connectivity index (χ0v) is 9.44. The third-order valence-corrected chi connectivity index (χ3v) is 2.51. The number of halogens is 3. The van der Waals surface area contributed by atoms with Crippen LogP contribution in [0, 0.1) is 0 Å². The van der Waals surface area contributed by atoms with Crippen LogP contribution in [0.4, 0.5) is 13.2 Å². The summed E-state index contributed by atoms with van der Waals surface area (Å²) in [4.78, 5) is 10.9. The Hall–Kier alpha value is -2.23. The van der Waals surface area contributed by atoms with E-state index in [1.807, 2.05) is 0 Å². The summed E-state index contributed by atoms with van der Waals surface area (Å²) in [6.07, 6.45) is -1.35. The normalized spacial score (nSPS) is 12.6. The van der Waals surface area contributed by atoms with E-state index in [0.29, 0.717) is 22.6 Å². The van der Waals surface area contributed by atoms with E-state index < -0.39 is 12.7 Å². The molecule has 0 amide bonds. The molecule has 3 rings (SSSR count). The van der Waals surface area contributed by atoms with E-state index in [4.69, 9.17) is 0 Å². The lowest BCUT2D eigenvalue weighted by Crippen LogP contribution is -2.28. The molecule has 7 nitrogen and oxygen atoms in total. The summed E-state index contributed by atoms with van der Waals surface area (Å²) in [5.74, 6) is 0.350. The van der Waals surface area contributed by atoms with Crippen molar-refractivity contribution < 1.29 is 13.2 Å². The van der Waals surface area contributed by atoms with Gasteiger partial charge in [-0.05, 0) is 0 Å². The highest BCUT2D eigenvalue weighted by molar-refractivity contribution is 5.84. The number of rotatable bonds is 3. The number of fused-ring (bicyclic) bond motifs is 3. The van der Waals surface area contributed by atoms with Crippen molar-refractivity contribution in [3.8, 4) is 0 Å². The molecule has 2 N–H and O–H groups in total. The Morgan fingerprint density at radius 1 is 1.26 bits per heavy atom. The number of alkyl halides is 3. The molecule has 0 bridgehead atoms. The van der Waals surface area contributed by atoms with E-state index in [0.717, 1.165) is 0 Å². The van der Waals surface area contributed by atoms with Gasteiger partial charge in [-0.3, -0.25) is 4.40 Å². The van der Waals surface area contributed by atoms with Gasteiger partial charge in [-0.2, -0.15) is 13.2 Å². The topological polar surface area (TPSA) is 83.8 Å². The fraction of sp³-hybridized carbons (Fsp3) is 0.333. The molecule has 0 fully saturated rings. The fourth-order valence-corrected chi connectivity index (χ4v) is 1.71. The number of nitrogens with one attached hydrogen (secondary N) is 2. The minimum Gasteiger partial charge on any atom is -0.340 e. The van der Waals surface area contributed by atoms with E-state index in [1.54, 1.807) is 0 Å². The van der Waals surface area contributed by atoms with Gasteiger partial charge in [-0.25, -0.2) is 9.97 Å². The van der Waals surface area contributed by atoms with Gasteiger partial charge in [-0.15, -0.1) is 10.2 Å². The zero-order valence-electron chi connectivity index (χ0n) is 9.44. The average molecular weight is 271 g/mol. The molecule has 0 unspecified atom stereocenters. The van der Waals surface area contributed by atoms with Crippen LogP contribution in [0.1, 0.15) is 5.82 Å². The second-order valence-electron chi connectivity index (χ2n) is 3.87. The monoisotopic (exact) mass is 271 g/mol. The van der Waals surface area contributed by atoms with Gasteiger partial charge in [0.15, 0.2) is 17.1 Å². The SMILES string of the molecule is FC(F)(F)CNCc1nnc2c3[nH]cnc3ncn12. The molecule has 0 aliphatic rings. The van der Waals surface area contributed by atoms with Crippen LogP contribution in [0.25, 0.3) is 16.8 Å². The molecule has 0 saturated heterocycles. The van der Waals surface area contributed by atoms with Crippen molar-refractivity contribution in [2.45, 2.75) is 12.7 Å². The molecule has 0 spiro atoms. The Morgan fingerprint density at radius 2 is 2.11 bits per heavy atom. The van der Waals surface area contributed by atoms with Crippen molar-refractivity contribution in [3.05, 3.63) is 18.5 Å². The molecular formula is C9H8F3N7. The van der Waals surface area contributed by atoms with Gasteiger partial charge in [0.05, 0.1) is 19.4 Å². The first-order chi connectivity index (χ1) is 9.04. The predicted molar refractivity (Wildman–Crippen MR) is 58.2 cm³/mol. The van der Waals surface area contributed by atoms with Crippen LogP contribution < -0.4 is 5.32 Å². The molecule has 0 aliphatic heterocycles. The first kappa shape index (κ1) is 11.8. The summed E-state index contributed by atoms with van der Waals surface area (Å²) >= 11 is 0. The highest BCUT2D eigenvalue weighted by Crippen LogP contribution is 2.14. The molecule has 100 valence electrons. The van der Waals surface area contributed by atoms with Gasteiger partial charge >= 0.3 is 6.18 Å². The van der Waals surface area contributed by atoms with Crippen molar-refractivity contribution in [3.63, 3.8) is 0 Å². The van der Waals surface area contributed by atoms with E-state index in [1.165, 1.54) is 17.1 Å². The van der Waals surface area contributed by atoms with Crippen molar-refractivity contribution >= 4 is 16.8 Å². The minimum atomic E-state index is -4.25. The first-order valence-electron chi connectivity index (χ1n) is 5.34. The summed E-state index contributed by atoms with van der Waals surface area (Å²) < 4.78 is 37.6. The van der Waals surface area contributed by atoms with Crippen LogP contribution in [-0.2, 0) is 6.54 Å². The lowest BCUT2D eigenvalue weighted by atomic mass is 10.5. The second kappa shape index (κ2) is 4.16. The van der Waals surface area contributed by atoms with Gasteiger partial charge in [0.25, 0.3) is 0 Å². The van der Waals surface area contributed by atoms with Crippen LogP contribution in [0.2, 0.25) is 0 Å². The lowest BCUT2D eigenvalue weighted by molar-refractivity contribution is -0.125. The highest BCUT2D eigenvalue weighted by atomic mass is 19.4. The maximum atomic E-state index is 12.0. The summed E-state index contributed by atoms with van der Waals surface area (Å²) in [6.45, 7) is -1.14. The third kappa shape index (κ3) is 2.21.